The predicted molar refractivity (Wildman–Crippen MR) is 159 cm³/mol. The van der Waals surface area contributed by atoms with Gasteiger partial charge >= 0.3 is 0 Å². The average molecular weight is 486 g/mol. The Kier molecular flexibility index (Phi) is 6.70. The number of benzene rings is 5. The zero-order valence-corrected chi connectivity index (χ0v) is 21.1. The molecule has 0 saturated carbocycles. The van der Waals surface area contributed by atoms with E-state index in [4.69, 9.17) is 0 Å². The number of nitrogens with zero attached hydrogens (tertiary/aromatic N) is 1. The van der Waals surface area contributed by atoms with E-state index in [1.807, 2.05) is 18.2 Å². The Morgan fingerprint density at radius 2 is 0.868 bits per heavy atom. The predicted octanol–water partition coefficient (Wildman–Crippen LogP) is 8.94. The molecule has 0 saturated heterocycles. The Hall–Kier alpha value is -5.06. The SMILES string of the molecule is C(#Cc1c(-c2ccccc2)c(-c2ccccc2)n(Cc2ccccc2)c1-c1ccccc1)c1ccccc1. The lowest BCUT2D eigenvalue weighted by Crippen LogP contribution is -2.04. The van der Waals surface area contributed by atoms with E-state index in [1.165, 1.54) is 16.8 Å². The largest absolute Gasteiger partial charge is 0.334 e. The molecule has 1 aromatic heterocycles. The molecule has 0 spiro atoms. The van der Waals surface area contributed by atoms with E-state index in [1.54, 1.807) is 0 Å². The minimum atomic E-state index is 0.738. The number of hydrogen-bond donors (Lipinski definition) is 0. The zero-order chi connectivity index (χ0) is 25.6. The Morgan fingerprint density at radius 3 is 1.42 bits per heavy atom. The van der Waals surface area contributed by atoms with Crippen molar-refractivity contribution in [2.75, 3.05) is 0 Å². The van der Waals surface area contributed by atoms with Gasteiger partial charge in [-0.15, -0.1) is 0 Å². The van der Waals surface area contributed by atoms with Crippen LogP contribution in [0.5, 0.6) is 0 Å². The molecule has 5 aromatic carbocycles. The quantitative estimate of drug-likeness (QED) is 0.215. The normalized spacial score (nSPS) is 10.5. The first-order valence-corrected chi connectivity index (χ1v) is 12.9. The molecule has 0 atom stereocenters. The smallest absolute Gasteiger partial charge is 0.0654 e. The van der Waals surface area contributed by atoms with Crippen LogP contribution in [0.1, 0.15) is 16.7 Å². The molecule has 180 valence electrons. The summed E-state index contributed by atoms with van der Waals surface area (Å²) >= 11 is 0. The first-order chi connectivity index (χ1) is 18.9. The topological polar surface area (TPSA) is 4.93 Å². The van der Waals surface area contributed by atoms with Crippen LogP contribution in [0.3, 0.4) is 0 Å². The molecule has 6 rings (SSSR count). The van der Waals surface area contributed by atoms with Crippen molar-refractivity contribution in [1.29, 1.82) is 0 Å². The highest BCUT2D eigenvalue weighted by Gasteiger charge is 2.25. The van der Waals surface area contributed by atoms with Gasteiger partial charge in [-0.1, -0.05) is 151 Å². The van der Waals surface area contributed by atoms with E-state index in [2.05, 4.69) is 150 Å². The van der Waals surface area contributed by atoms with Gasteiger partial charge in [-0.05, 0) is 34.4 Å². The van der Waals surface area contributed by atoms with Crippen molar-refractivity contribution in [1.82, 2.24) is 4.57 Å². The third-order valence-corrected chi connectivity index (χ3v) is 6.71. The van der Waals surface area contributed by atoms with Gasteiger partial charge in [0, 0.05) is 17.7 Å². The van der Waals surface area contributed by atoms with Crippen molar-refractivity contribution in [3.05, 3.63) is 168 Å². The maximum atomic E-state index is 3.64. The van der Waals surface area contributed by atoms with Crippen LogP contribution in [-0.4, -0.2) is 4.57 Å². The van der Waals surface area contributed by atoms with Crippen LogP contribution in [0.25, 0.3) is 33.6 Å². The molecule has 0 fully saturated rings. The fourth-order valence-corrected chi connectivity index (χ4v) is 5.00. The third kappa shape index (κ3) is 4.81. The van der Waals surface area contributed by atoms with Gasteiger partial charge < -0.3 is 4.57 Å². The fraction of sp³-hybridized carbons (Fsp3) is 0.0270. The van der Waals surface area contributed by atoms with Gasteiger partial charge in [-0.25, -0.2) is 0 Å². The molecule has 0 unspecified atom stereocenters. The maximum absolute atomic E-state index is 3.64. The Labute approximate surface area is 224 Å². The molecule has 6 aromatic rings. The van der Waals surface area contributed by atoms with Crippen molar-refractivity contribution >= 4 is 0 Å². The highest BCUT2D eigenvalue weighted by Crippen LogP contribution is 2.43. The summed E-state index contributed by atoms with van der Waals surface area (Å²) in [6, 6.07) is 52.9. The van der Waals surface area contributed by atoms with E-state index >= 15 is 0 Å². The lowest BCUT2D eigenvalue weighted by atomic mass is 9.95. The van der Waals surface area contributed by atoms with Gasteiger partial charge in [0.25, 0.3) is 0 Å². The molecule has 0 N–H and O–H groups in total. The summed E-state index contributed by atoms with van der Waals surface area (Å²) in [5.74, 6) is 7.11. The van der Waals surface area contributed by atoms with E-state index in [-0.39, 0.29) is 0 Å². The lowest BCUT2D eigenvalue weighted by molar-refractivity contribution is 0.822. The van der Waals surface area contributed by atoms with Crippen LogP contribution in [0.15, 0.2) is 152 Å². The minimum Gasteiger partial charge on any atom is -0.334 e. The molecule has 0 amide bonds. The van der Waals surface area contributed by atoms with Gasteiger partial charge in [0.1, 0.15) is 0 Å². The van der Waals surface area contributed by atoms with E-state index in [0.717, 1.165) is 40.1 Å². The first-order valence-electron chi connectivity index (χ1n) is 12.9. The summed E-state index contributed by atoms with van der Waals surface area (Å²) in [6.45, 7) is 0.738. The van der Waals surface area contributed by atoms with Gasteiger partial charge in [-0.3, -0.25) is 0 Å². The summed E-state index contributed by atoms with van der Waals surface area (Å²) in [7, 11) is 0. The standard InChI is InChI=1S/C37H27N/c1-6-16-29(17-7-1)26-27-34-35(31-20-10-3-11-21-31)37(33-24-14-5-15-25-33)38(28-30-18-8-2-9-19-30)36(34)32-22-12-4-13-23-32/h1-25H,28H2. The number of aromatic nitrogens is 1. The van der Waals surface area contributed by atoms with Crippen LogP contribution < -0.4 is 0 Å². The molecule has 38 heavy (non-hydrogen) atoms. The van der Waals surface area contributed by atoms with E-state index < -0.39 is 0 Å². The highest BCUT2D eigenvalue weighted by molar-refractivity contribution is 5.93. The zero-order valence-electron chi connectivity index (χ0n) is 21.1. The second-order valence-corrected chi connectivity index (χ2v) is 9.23. The van der Waals surface area contributed by atoms with Crippen molar-refractivity contribution in [3.8, 4) is 45.5 Å². The van der Waals surface area contributed by atoms with Crippen molar-refractivity contribution in [2.45, 2.75) is 6.54 Å². The minimum absolute atomic E-state index is 0.738. The van der Waals surface area contributed by atoms with Gasteiger partial charge in [0.15, 0.2) is 0 Å². The van der Waals surface area contributed by atoms with Crippen molar-refractivity contribution in [2.24, 2.45) is 0 Å². The van der Waals surface area contributed by atoms with Gasteiger partial charge in [0.2, 0.25) is 0 Å². The van der Waals surface area contributed by atoms with E-state index in [9.17, 15) is 0 Å². The van der Waals surface area contributed by atoms with Crippen LogP contribution in [0.2, 0.25) is 0 Å². The monoisotopic (exact) mass is 485 g/mol. The molecule has 0 bridgehead atoms. The average Bonchev–Trinajstić information content (AvgIpc) is 3.32. The Balaban J connectivity index is 1.73. The highest BCUT2D eigenvalue weighted by atomic mass is 15.0. The number of hydrogen-bond acceptors (Lipinski definition) is 0. The number of rotatable bonds is 5. The summed E-state index contributed by atoms with van der Waals surface area (Å²) < 4.78 is 2.46. The molecule has 1 heteroatoms. The molecule has 0 aliphatic carbocycles. The second kappa shape index (κ2) is 10.9. The van der Waals surface area contributed by atoms with Crippen LogP contribution >= 0.6 is 0 Å². The van der Waals surface area contributed by atoms with Crippen LogP contribution in [-0.2, 0) is 6.54 Å². The maximum Gasteiger partial charge on any atom is 0.0654 e. The van der Waals surface area contributed by atoms with Crippen LogP contribution in [0.4, 0.5) is 0 Å². The lowest BCUT2D eigenvalue weighted by Gasteiger charge is -2.15. The molecule has 1 nitrogen and oxygen atoms in total. The Bertz CT molecular complexity index is 1690. The summed E-state index contributed by atoms with van der Waals surface area (Å²) in [6.07, 6.45) is 0. The molecule has 0 aliphatic heterocycles. The summed E-state index contributed by atoms with van der Waals surface area (Å²) in [5.41, 5.74) is 10.3. The molecule has 0 radical (unpaired) electrons. The van der Waals surface area contributed by atoms with Crippen molar-refractivity contribution < 1.29 is 0 Å². The first kappa shape index (κ1) is 23.3. The van der Waals surface area contributed by atoms with Crippen molar-refractivity contribution in [3.63, 3.8) is 0 Å². The Morgan fingerprint density at radius 1 is 0.421 bits per heavy atom. The molecular weight excluding hydrogens is 458 g/mol. The van der Waals surface area contributed by atoms with Gasteiger partial charge in [-0.2, -0.15) is 0 Å². The molecular formula is C37H27N. The summed E-state index contributed by atoms with van der Waals surface area (Å²) in [5, 5.41) is 0. The fourth-order valence-electron chi connectivity index (χ4n) is 5.00. The second-order valence-electron chi connectivity index (χ2n) is 9.23. The third-order valence-electron chi connectivity index (χ3n) is 6.71. The molecule has 0 aliphatic rings. The van der Waals surface area contributed by atoms with Gasteiger partial charge in [0.05, 0.1) is 17.0 Å². The van der Waals surface area contributed by atoms with E-state index in [0.29, 0.717) is 0 Å². The molecule has 1 heterocycles. The van der Waals surface area contributed by atoms with Crippen LogP contribution in [0, 0.1) is 11.8 Å². The summed E-state index contributed by atoms with van der Waals surface area (Å²) in [4.78, 5) is 0.